The molecule has 0 bridgehead atoms. The highest BCUT2D eigenvalue weighted by Crippen LogP contribution is 2.59. The first-order valence-electron chi connectivity index (χ1n) is 10.8. The Bertz CT molecular complexity index is 818. The summed E-state index contributed by atoms with van der Waals surface area (Å²) in [5.74, 6) is 2.23. The van der Waals surface area contributed by atoms with Gasteiger partial charge in [0.1, 0.15) is 5.75 Å². The van der Waals surface area contributed by atoms with Crippen LogP contribution in [-0.4, -0.2) is 30.6 Å². The predicted molar refractivity (Wildman–Crippen MR) is 115 cm³/mol. The van der Waals surface area contributed by atoms with E-state index < -0.39 is 7.12 Å². The Kier molecular flexibility index (Phi) is 5.15. The predicted octanol–water partition coefficient (Wildman–Crippen LogP) is 3.75. The summed E-state index contributed by atoms with van der Waals surface area (Å²) in [6.07, 6.45) is 5.67. The molecule has 158 valence electrons. The lowest BCUT2D eigenvalue weighted by atomic mass is 9.52. The van der Waals surface area contributed by atoms with Crippen LogP contribution in [0.3, 0.4) is 0 Å². The van der Waals surface area contributed by atoms with Crippen molar-refractivity contribution in [2.75, 3.05) is 13.4 Å². The van der Waals surface area contributed by atoms with Crippen LogP contribution in [0.2, 0.25) is 0 Å². The third kappa shape index (κ3) is 3.34. The number of fused-ring (bicyclic) bond motifs is 3. The van der Waals surface area contributed by atoms with E-state index in [4.69, 9.17) is 14.2 Å². The van der Waals surface area contributed by atoms with Crippen LogP contribution in [0, 0.1) is 22.7 Å². The maximum Gasteiger partial charge on any atom is 0.496 e. The van der Waals surface area contributed by atoms with Gasteiger partial charge in [-0.3, -0.25) is 0 Å². The van der Waals surface area contributed by atoms with E-state index in [1.165, 1.54) is 6.42 Å². The molecule has 0 amide bonds. The highest BCUT2D eigenvalue weighted by Gasteiger charge is 2.49. The van der Waals surface area contributed by atoms with E-state index in [0.29, 0.717) is 35.7 Å². The van der Waals surface area contributed by atoms with E-state index in [1.807, 2.05) is 6.07 Å². The SMILES string of the molecule is C=C1c2cc3c(c(B(O)O)c2OCC(C)CC[C@@H]2C(C)(C)CCC[C@@]12C)OCO3. The van der Waals surface area contributed by atoms with Gasteiger partial charge in [-0.2, -0.15) is 0 Å². The lowest BCUT2D eigenvalue weighted by Crippen LogP contribution is -2.43. The molecule has 0 radical (unpaired) electrons. The lowest BCUT2D eigenvalue weighted by molar-refractivity contribution is 0.0279. The molecule has 1 aromatic carbocycles. The van der Waals surface area contributed by atoms with Gasteiger partial charge >= 0.3 is 7.12 Å². The van der Waals surface area contributed by atoms with Gasteiger partial charge in [-0.25, -0.2) is 0 Å². The fourth-order valence-corrected chi connectivity index (χ4v) is 5.93. The molecular weight excluding hydrogens is 367 g/mol. The van der Waals surface area contributed by atoms with Gasteiger partial charge in [0.25, 0.3) is 0 Å². The van der Waals surface area contributed by atoms with E-state index in [2.05, 4.69) is 34.3 Å². The first-order valence-corrected chi connectivity index (χ1v) is 10.8. The summed E-state index contributed by atoms with van der Waals surface area (Å²) in [5.41, 5.74) is 2.20. The van der Waals surface area contributed by atoms with E-state index >= 15 is 0 Å². The van der Waals surface area contributed by atoms with Gasteiger partial charge in [0.05, 0.1) is 12.1 Å². The van der Waals surface area contributed by atoms with Crippen LogP contribution in [0.15, 0.2) is 12.6 Å². The average Bonchev–Trinajstić information content (AvgIpc) is 3.10. The van der Waals surface area contributed by atoms with E-state index in [-0.39, 0.29) is 23.1 Å². The topological polar surface area (TPSA) is 68.2 Å². The van der Waals surface area contributed by atoms with Crippen LogP contribution in [0.1, 0.15) is 65.4 Å². The monoisotopic (exact) mass is 400 g/mol. The van der Waals surface area contributed by atoms with Crippen LogP contribution in [0.5, 0.6) is 17.2 Å². The van der Waals surface area contributed by atoms with Crippen molar-refractivity contribution in [3.63, 3.8) is 0 Å². The molecule has 5 nitrogen and oxygen atoms in total. The van der Waals surface area contributed by atoms with Crippen molar-refractivity contribution >= 4 is 18.2 Å². The zero-order chi connectivity index (χ0) is 21.0. The molecule has 3 aliphatic rings. The maximum absolute atomic E-state index is 10.2. The number of benzene rings is 1. The van der Waals surface area contributed by atoms with Gasteiger partial charge in [-0.1, -0.05) is 40.7 Å². The van der Waals surface area contributed by atoms with Gasteiger partial charge in [-0.15, -0.1) is 0 Å². The second-order valence-corrected chi connectivity index (χ2v) is 10.1. The zero-order valence-corrected chi connectivity index (χ0v) is 18.1. The molecule has 6 heteroatoms. The van der Waals surface area contributed by atoms with Crippen molar-refractivity contribution in [3.05, 3.63) is 18.2 Å². The van der Waals surface area contributed by atoms with Crippen LogP contribution in [0.4, 0.5) is 0 Å². The van der Waals surface area contributed by atoms with Gasteiger partial charge in [0, 0.05) is 5.56 Å². The number of ether oxygens (including phenoxy) is 3. The van der Waals surface area contributed by atoms with Crippen LogP contribution in [0.25, 0.3) is 5.57 Å². The Labute approximate surface area is 174 Å². The van der Waals surface area contributed by atoms with Gasteiger partial charge in [0.15, 0.2) is 11.5 Å². The average molecular weight is 400 g/mol. The van der Waals surface area contributed by atoms with Crippen molar-refractivity contribution in [3.8, 4) is 17.2 Å². The molecule has 4 rings (SSSR count). The summed E-state index contributed by atoms with van der Waals surface area (Å²) in [7, 11) is -1.71. The first kappa shape index (κ1) is 20.6. The maximum atomic E-state index is 10.2. The van der Waals surface area contributed by atoms with Crippen molar-refractivity contribution < 1.29 is 24.3 Å². The first-order chi connectivity index (χ1) is 13.6. The van der Waals surface area contributed by atoms with Crippen molar-refractivity contribution in [1.82, 2.24) is 0 Å². The Hall–Kier alpha value is -1.66. The number of allylic oxidation sites excluding steroid dienone is 1. The Morgan fingerprint density at radius 3 is 2.55 bits per heavy atom. The number of rotatable bonds is 1. The minimum Gasteiger partial charge on any atom is -0.493 e. The summed E-state index contributed by atoms with van der Waals surface area (Å²) >= 11 is 0. The van der Waals surface area contributed by atoms with Gasteiger partial charge < -0.3 is 24.3 Å². The highest BCUT2D eigenvalue weighted by molar-refractivity contribution is 6.61. The highest BCUT2D eigenvalue weighted by atomic mass is 16.7. The standard InChI is InChI=1S/C23H33BO5/c1-14-7-8-18-22(3,4)9-6-10-23(18,5)15(2)16-11-17-21(29-13-28-17)19(24(25)26)20(16)27-12-14/h11,14,18,25-26H,2,6-10,12-13H2,1,3-5H3/t14?,18-,23+/m1/s1. The summed E-state index contributed by atoms with van der Waals surface area (Å²) in [6, 6.07) is 1.92. The number of hydrogen-bond acceptors (Lipinski definition) is 5. The molecular formula is C23H33BO5. The van der Waals surface area contributed by atoms with Crippen molar-refractivity contribution in [2.24, 2.45) is 22.7 Å². The third-order valence-corrected chi connectivity index (χ3v) is 7.61. The van der Waals surface area contributed by atoms with E-state index in [9.17, 15) is 10.0 Å². The molecule has 1 saturated carbocycles. The normalized spacial score (nSPS) is 30.8. The molecule has 0 saturated heterocycles. The quantitative estimate of drug-likeness (QED) is 0.703. The molecule has 1 aliphatic carbocycles. The fraction of sp³-hybridized carbons (Fsp3) is 0.652. The molecule has 1 fully saturated rings. The van der Waals surface area contributed by atoms with Gasteiger partial charge in [-0.05, 0) is 60.0 Å². The molecule has 29 heavy (non-hydrogen) atoms. The molecule has 1 aromatic rings. The second kappa shape index (κ2) is 7.24. The van der Waals surface area contributed by atoms with Crippen LogP contribution < -0.4 is 19.7 Å². The molecule has 2 heterocycles. The van der Waals surface area contributed by atoms with E-state index in [1.54, 1.807) is 0 Å². The summed E-state index contributed by atoms with van der Waals surface area (Å²) < 4.78 is 17.4. The fourth-order valence-electron chi connectivity index (χ4n) is 5.93. The lowest BCUT2D eigenvalue weighted by Gasteiger charge is -2.53. The molecule has 2 aliphatic heterocycles. The smallest absolute Gasteiger partial charge is 0.493 e. The van der Waals surface area contributed by atoms with Crippen LogP contribution in [-0.2, 0) is 0 Å². The Balaban J connectivity index is 1.92. The van der Waals surface area contributed by atoms with Crippen molar-refractivity contribution in [2.45, 2.75) is 59.8 Å². The molecule has 2 N–H and O–H groups in total. The third-order valence-electron chi connectivity index (χ3n) is 7.61. The molecule has 0 aromatic heterocycles. The second-order valence-electron chi connectivity index (χ2n) is 10.1. The molecule has 1 unspecified atom stereocenters. The summed E-state index contributed by atoms with van der Waals surface area (Å²) in [5, 5.41) is 20.3. The Morgan fingerprint density at radius 2 is 1.83 bits per heavy atom. The largest absolute Gasteiger partial charge is 0.496 e. The van der Waals surface area contributed by atoms with Crippen molar-refractivity contribution in [1.29, 1.82) is 0 Å². The molecule has 3 atom stereocenters. The summed E-state index contributed by atoms with van der Waals surface area (Å²) in [6.45, 7) is 14.4. The van der Waals surface area contributed by atoms with Crippen LogP contribution >= 0.6 is 0 Å². The summed E-state index contributed by atoms with van der Waals surface area (Å²) in [4.78, 5) is 0. The van der Waals surface area contributed by atoms with E-state index in [0.717, 1.165) is 36.8 Å². The molecule has 0 spiro atoms. The van der Waals surface area contributed by atoms with Gasteiger partial charge in [0.2, 0.25) is 6.79 Å². The Morgan fingerprint density at radius 1 is 1.07 bits per heavy atom. The zero-order valence-electron chi connectivity index (χ0n) is 18.1. The number of hydrogen-bond donors (Lipinski definition) is 2. The minimum atomic E-state index is -1.71. The minimum absolute atomic E-state index is 0.0632.